The lowest BCUT2D eigenvalue weighted by molar-refractivity contribution is 0.0937. The van der Waals surface area contributed by atoms with Crippen molar-refractivity contribution in [2.45, 2.75) is 18.9 Å². The van der Waals surface area contributed by atoms with Crippen LogP contribution in [0, 0.1) is 0 Å². The molecule has 0 spiro atoms. The SMILES string of the molecule is COc1ccc([C@@H](CNC(=O)c2cccc(OC)c2)N2CCCC2)cc1. The third-order valence-corrected chi connectivity index (χ3v) is 4.87. The van der Waals surface area contributed by atoms with Gasteiger partial charge in [0.15, 0.2) is 0 Å². The van der Waals surface area contributed by atoms with Crippen LogP contribution >= 0.6 is 0 Å². The van der Waals surface area contributed by atoms with Crippen LogP contribution in [0.5, 0.6) is 11.5 Å². The second kappa shape index (κ2) is 8.72. The van der Waals surface area contributed by atoms with Crippen LogP contribution in [0.2, 0.25) is 0 Å². The number of ether oxygens (including phenoxy) is 2. The zero-order chi connectivity index (χ0) is 18.4. The summed E-state index contributed by atoms with van der Waals surface area (Å²) >= 11 is 0. The molecule has 2 aromatic carbocycles. The molecule has 5 nitrogen and oxygen atoms in total. The first-order valence-corrected chi connectivity index (χ1v) is 9.01. The Morgan fingerprint density at radius 1 is 1.04 bits per heavy atom. The lowest BCUT2D eigenvalue weighted by Gasteiger charge is -2.28. The van der Waals surface area contributed by atoms with Crippen molar-refractivity contribution in [1.82, 2.24) is 10.2 Å². The van der Waals surface area contributed by atoms with Crippen LogP contribution in [-0.2, 0) is 0 Å². The molecule has 26 heavy (non-hydrogen) atoms. The quantitative estimate of drug-likeness (QED) is 0.829. The predicted molar refractivity (Wildman–Crippen MR) is 102 cm³/mol. The summed E-state index contributed by atoms with van der Waals surface area (Å²) in [6.45, 7) is 2.69. The van der Waals surface area contributed by atoms with E-state index in [1.54, 1.807) is 26.4 Å². The number of hydrogen-bond acceptors (Lipinski definition) is 4. The van der Waals surface area contributed by atoms with Gasteiger partial charge in [-0.3, -0.25) is 9.69 Å². The van der Waals surface area contributed by atoms with Crippen LogP contribution < -0.4 is 14.8 Å². The van der Waals surface area contributed by atoms with Crippen molar-refractivity contribution in [1.29, 1.82) is 0 Å². The molecular weight excluding hydrogens is 328 g/mol. The Morgan fingerprint density at radius 3 is 2.38 bits per heavy atom. The first-order valence-electron chi connectivity index (χ1n) is 9.01. The van der Waals surface area contributed by atoms with Crippen molar-refractivity contribution >= 4 is 5.91 Å². The van der Waals surface area contributed by atoms with Gasteiger partial charge in [-0.05, 0) is 61.8 Å². The summed E-state index contributed by atoms with van der Waals surface area (Å²) in [6, 6.07) is 15.5. The van der Waals surface area contributed by atoms with Crippen molar-refractivity contribution in [3.05, 3.63) is 59.7 Å². The topological polar surface area (TPSA) is 50.8 Å². The van der Waals surface area contributed by atoms with Gasteiger partial charge in [0.25, 0.3) is 5.91 Å². The Balaban J connectivity index is 1.71. The lowest BCUT2D eigenvalue weighted by atomic mass is 10.0. The smallest absolute Gasteiger partial charge is 0.251 e. The maximum atomic E-state index is 12.6. The molecular formula is C21H26N2O3. The third kappa shape index (κ3) is 4.35. The Bertz CT molecular complexity index is 724. The van der Waals surface area contributed by atoms with Crippen LogP contribution in [0.25, 0.3) is 0 Å². The van der Waals surface area contributed by atoms with E-state index in [2.05, 4.69) is 22.3 Å². The molecule has 1 atom stereocenters. The molecule has 0 aromatic heterocycles. The van der Waals surface area contributed by atoms with Gasteiger partial charge in [0.2, 0.25) is 0 Å². The number of methoxy groups -OCH3 is 2. The normalized spacial score (nSPS) is 15.5. The summed E-state index contributed by atoms with van der Waals surface area (Å²) < 4.78 is 10.5. The molecule has 0 bridgehead atoms. The summed E-state index contributed by atoms with van der Waals surface area (Å²) in [5.41, 5.74) is 1.80. The van der Waals surface area contributed by atoms with Crippen LogP contribution in [0.15, 0.2) is 48.5 Å². The van der Waals surface area contributed by atoms with Gasteiger partial charge in [-0.15, -0.1) is 0 Å². The molecule has 1 saturated heterocycles. The molecule has 0 saturated carbocycles. The molecule has 1 amide bonds. The Morgan fingerprint density at radius 2 is 1.73 bits per heavy atom. The van der Waals surface area contributed by atoms with E-state index in [9.17, 15) is 4.79 Å². The highest BCUT2D eigenvalue weighted by atomic mass is 16.5. The number of carbonyl (C=O) groups is 1. The molecule has 5 heteroatoms. The highest BCUT2D eigenvalue weighted by Gasteiger charge is 2.24. The van der Waals surface area contributed by atoms with E-state index >= 15 is 0 Å². The van der Waals surface area contributed by atoms with Gasteiger partial charge >= 0.3 is 0 Å². The largest absolute Gasteiger partial charge is 0.497 e. The maximum Gasteiger partial charge on any atom is 0.251 e. The summed E-state index contributed by atoms with van der Waals surface area (Å²) in [5.74, 6) is 1.44. The van der Waals surface area contributed by atoms with E-state index in [1.165, 1.54) is 18.4 Å². The minimum atomic E-state index is -0.0818. The van der Waals surface area contributed by atoms with Gasteiger partial charge in [0.05, 0.1) is 20.3 Å². The van der Waals surface area contributed by atoms with Crippen molar-refractivity contribution in [2.75, 3.05) is 33.9 Å². The molecule has 0 aliphatic carbocycles. The highest BCUT2D eigenvalue weighted by Crippen LogP contribution is 2.26. The fourth-order valence-electron chi connectivity index (χ4n) is 3.39. The van der Waals surface area contributed by atoms with Gasteiger partial charge < -0.3 is 14.8 Å². The number of nitrogens with zero attached hydrogens (tertiary/aromatic N) is 1. The van der Waals surface area contributed by atoms with Crippen molar-refractivity contribution < 1.29 is 14.3 Å². The number of carbonyl (C=O) groups excluding carboxylic acids is 1. The Kier molecular flexibility index (Phi) is 6.12. The maximum absolute atomic E-state index is 12.6. The number of rotatable bonds is 7. The van der Waals surface area contributed by atoms with E-state index in [0.29, 0.717) is 17.9 Å². The molecule has 0 unspecified atom stereocenters. The van der Waals surface area contributed by atoms with Crippen molar-refractivity contribution in [3.63, 3.8) is 0 Å². The van der Waals surface area contributed by atoms with Crippen LogP contribution in [-0.4, -0.2) is 44.7 Å². The Labute approximate surface area is 154 Å². The number of benzene rings is 2. The number of hydrogen-bond donors (Lipinski definition) is 1. The molecule has 1 fully saturated rings. The van der Waals surface area contributed by atoms with Gasteiger partial charge in [-0.1, -0.05) is 18.2 Å². The molecule has 1 heterocycles. The first kappa shape index (κ1) is 18.3. The Hall–Kier alpha value is -2.53. The van der Waals surface area contributed by atoms with Gasteiger partial charge in [-0.25, -0.2) is 0 Å². The zero-order valence-electron chi connectivity index (χ0n) is 15.4. The van der Waals surface area contributed by atoms with Crippen molar-refractivity contribution in [2.24, 2.45) is 0 Å². The molecule has 1 aliphatic heterocycles. The van der Waals surface area contributed by atoms with E-state index < -0.39 is 0 Å². The van der Waals surface area contributed by atoms with E-state index in [1.807, 2.05) is 24.3 Å². The zero-order valence-corrected chi connectivity index (χ0v) is 15.4. The lowest BCUT2D eigenvalue weighted by Crippen LogP contribution is -2.36. The minimum Gasteiger partial charge on any atom is -0.497 e. The fourth-order valence-corrected chi connectivity index (χ4v) is 3.39. The summed E-state index contributed by atoms with van der Waals surface area (Å²) in [6.07, 6.45) is 2.41. The van der Waals surface area contributed by atoms with E-state index in [-0.39, 0.29) is 11.9 Å². The monoisotopic (exact) mass is 354 g/mol. The average Bonchev–Trinajstić information content (AvgIpc) is 3.23. The highest BCUT2D eigenvalue weighted by molar-refractivity contribution is 5.94. The molecule has 0 radical (unpaired) electrons. The summed E-state index contributed by atoms with van der Waals surface area (Å²) in [7, 11) is 3.27. The summed E-state index contributed by atoms with van der Waals surface area (Å²) in [5, 5.41) is 3.09. The second-order valence-electron chi connectivity index (χ2n) is 6.47. The van der Waals surface area contributed by atoms with E-state index in [0.717, 1.165) is 18.8 Å². The fraction of sp³-hybridized carbons (Fsp3) is 0.381. The van der Waals surface area contributed by atoms with Crippen LogP contribution in [0.1, 0.15) is 34.8 Å². The van der Waals surface area contributed by atoms with Crippen LogP contribution in [0.3, 0.4) is 0 Å². The summed E-state index contributed by atoms with van der Waals surface area (Å²) in [4.78, 5) is 15.0. The number of nitrogens with one attached hydrogen (secondary N) is 1. The molecule has 2 aromatic rings. The van der Waals surface area contributed by atoms with Crippen molar-refractivity contribution in [3.8, 4) is 11.5 Å². The number of amides is 1. The van der Waals surface area contributed by atoms with Gasteiger partial charge in [-0.2, -0.15) is 0 Å². The van der Waals surface area contributed by atoms with E-state index in [4.69, 9.17) is 9.47 Å². The van der Waals surface area contributed by atoms with Gasteiger partial charge in [0, 0.05) is 12.1 Å². The number of likely N-dealkylation sites (tertiary alicyclic amines) is 1. The van der Waals surface area contributed by atoms with Gasteiger partial charge in [0.1, 0.15) is 11.5 Å². The molecule has 3 rings (SSSR count). The first-order chi connectivity index (χ1) is 12.7. The standard InChI is InChI=1S/C21H26N2O3/c1-25-18-10-8-16(9-11-18)20(23-12-3-4-13-23)15-22-21(24)17-6-5-7-19(14-17)26-2/h5-11,14,20H,3-4,12-13,15H2,1-2H3,(H,22,24)/t20-/m1/s1. The van der Waals surface area contributed by atoms with Crippen LogP contribution in [0.4, 0.5) is 0 Å². The predicted octanol–water partition coefficient (Wildman–Crippen LogP) is 3.27. The third-order valence-electron chi connectivity index (χ3n) is 4.87. The molecule has 1 N–H and O–H groups in total. The molecule has 1 aliphatic rings. The molecule has 138 valence electrons. The second-order valence-corrected chi connectivity index (χ2v) is 6.47. The minimum absolute atomic E-state index is 0.0818. The average molecular weight is 354 g/mol.